The molecule has 0 heterocycles. The lowest BCUT2D eigenvalue weighted by atomic mass is 9.94. The highest BCUT2D eigenvalue weighted by molar-refractivity contribution is 5.99. The first kappa shape index (κ1) is 13.0. The number of benzene rings is 2. The molecule has 0 bridgehead atoms. The maximum absolute atomic E-state index is 13.9. The van der Waals surface area contributed by atoms with Crippen molar-refractivity contribution in [1.29, 1.82) is 0 Å². The maximum Gasteiger partial charge on any atom is 0.169 e. The van der Waals surface area contributed by atoms with Gasteiger partial charge in [-0.3, -0.25) is 4.79 Å². The quantitative estimate of drug-likeness (QED) is 0.758. The number of carbonyl (C=O) groups is 1. The molecule has 0 saturated carbocycles. The van der Waals surface area contributed by atoms with Gasteiger partial charge in [0.15, 0.2) is 5.78 Å². The van der Waals surface area contributed by atoms with E-state index in [9.17, 15) is 13.6 Å². The third kappa shape index (κ3) is 2.13. The van der Waals surface area contributed by atoms with Gasteiger partial charge in [-0.2, -0.15) is 0 Å². The molecule has 1 nitrogen and oxygen atoms in total. The Bertz CT molecular complexity index is 666. The lowest BCUT2D eigenvalue weighted by Gasteiger charge is -2.10. The molecule has 1 aliphatic carbocycles. The minimum Gasteiger partial charge on any atom is -0.294 e. The molecule has 0 aliphatic heterocycles. The fourth-order valence-corrected chi connectivity index (χ4v) is 2.80. The summed E-state index contributed by atoms with van der Waals surface area (Å²) in [7, 11) is 0. The number of Topliss-reactive ketones (excluding diaryl/α,β-unsaturated/α-hetero) is 1. The Labute approximate surface area is 116 Å². The number of hydrogen-bond acceptors (Lipinski definition) is 1. The number of halogens is 2. The molecule has 1 aliphatic rings. The normalized spacial score (nSPS) is 14.3. The molecule has 0 radical (unpaired) electrons. The summed E-state index contributed by atoms with van der Waals surface area (Å²) in [4.78, 5) is 12.4. The average Bonchev–Trinajstić information content (AvgIpc) is 2.86. The highest BCUT2D eigenvalue weighted by atomic mass is 19.1. The lowest BCUT2D eigenvalue weighted by Crippen LogP contribution is -2.17. The number of hydrogen-bond donors (Lipinski definition) is 0. The van der Waals surface area contributed by atoms with Crippen molar-refractivity contribution >= 4 is 5.78 Å². The van der Waals surface area contributed by atoms with Gasteiger partial charge in [-0.1, -0.05) is 24.3 Å². The van der Waals surface area contributed by atoms with E-state index in [2.05, 4.69) is 0 Å². The van der Waals surface area contributed by atoms with Gasteiger partial charge >= 0.3 is 0 Å². The summed E-state index contributed by atoms with van der Waals surface area (Å²) in [5.41, 5.74) is 2.33. The van der Waals surface area contributed by atoms with Crippen molar-refractivity contribution in [2.45, 2.75) is 19.8 Å². The second-order valence-electron chi connectivity index (χ2n) is 5.32. The first-order chi connectivity index (χ1) is 9.56. The van der Waals surface area contributed by atoms with Crippen molar-refractivity contribution in [3.8, 4) is 0 Å². The van der Waals surface area contributed by atoms with Gasteiger partial charge in [0.1, 0.15) is 11.6 Å². The molecule has 20 heavy (non-hydrogen) atoms. The molecule has 3 heteroatoms. The number of fused-ring (bicyclic) bond motifs is 1. The van der Waals surface area contributed by atoms with Gasteiger partial charge in [-0.15, -0.1) is 0 Å². The van der Waals surface area contributed by atoms with Crippen molar-refractivity contribution in [3.63, 3.8) is 0 Å². The number of aryl methyl sites for hydroxylation is 1. The lowest BCUT2D eigenvalue weighted by molar-refractivity contribution is 0.0920. The molecule has 0 unspecified atom stereocenters. The molecule has 0 spiro atoms. The standard InChI is InChI=1S/C17H14F2O/c1-10-6-16(19)14(9-15(10)18)17(20)13-7-11-4-2-3-5-12(11)8-13/h2-6,9,13H,7-8H2,1H3. The summed E-state index contributed by atoms with van der Waals surface area (Å²) in [6.07, 6.45) is 1.20. The zero-order valence-corrected chi connectivity index (χ0v) is 11.1. The van der Waals surface area contributed by atoms with Crippen molar-refractivity contribution in [2.75, 3.05) is 0 Å². The van der Waals surface area contributed by atoms with Gasteiger partial charge in [0.05, 0.1) is 5.56 Å². The maximum atomic E-state index is 13.9. The van der Waals surface area contributed by atoms with Gasteiger partial charge in [0.25, 0.3) is 0 Å². The fourth-order valence-electron chi connectivity index (χ4n) is 2.80. The van der Waals surface area contributed by atoms with Crippen LogP contribution in [0.25, 0.3) is 0 Å². The van der Waals surface area contributed by atoms with Crippen LogP contribution in [0.2, 0.25) is 0 Å². The molecule has 0 amide bonds. The molecule has 0 atom stereocenters. The topological polar surface area (TPSA) is 17.1 Å². The summed E-state index contributed by atoms with van der Waals surface area (Å²) in [6, 6.07) is 9.93. The number of ketones is 1. The van der Waals surface area contributed by atoms with Crippen molar-refractivity contribution in [3.05, 3.63) is 70.3 Å². The number of rotatable bonds is 2. The number of carbonyl (C=O) groups excluding carboxylic acids is 1. The summed E-state index contributed by atoms with van der Waals surface area (Å²) < 4.78 is 27.4. The Morgan fingerprint density at radius 2 is 1.65 bits per heavy atom. The Morgan fingerprint density at radius 1 is 1.05 bits per heavy atom. The predicted molar refractivity (Wildman–Crippen MR) is 72.8 cm³/mol. The van der Waals surface area contributed by atoms with E-state index in [0.717, 1.165) is 23.3 Å². The Morgan fingerprint density at radius 3 is 2.25 bits per heavy atom. The van der Waals surface area contributed by atoms with Gasteiger partial charge in [0.2, 0.25) is 0 Å². The zero-order chi connectivity index (χ0) is 14.3. The highest BCUT2D eigenvalue weighted by Crippen LogP contribution is 2.30. The van der Waals surface area contributed by atoms with Crippen LogP contribution in [-0.4, -0.2) is 5.78 Å². The van der Waals surface area contributed by atoms with Crippen LogP contribution in [0.15, 0.2) is 36.4 Å². The molecule has 2 aromatic carbocycles. The van der Waals surface area contributed by atoms with Crippen LogP contribution in [0.3, 0.4) is 0 Å². The van der Waals surface area contributed by atoms with Gasteiger partial charge < -0.3 is 0 Å². The molecular formula is C17H14F2O. The van der Waals surface area contributed by atoms with Crippen LogP contribution < -0.4 is 0 Å². The van der Waals surface area contributed by atoms with Crippen LogP contribution in [0, 0.1) is 24.5 Å². The SMILES string of the molecule is Cc1cc(F)c(C(=O)C2Cc3ccccc3C2)cc1F. The smallest absolute Gasteiger partial charge is 0.169 e. The average molecular weight is 272 g/mol. The first-order valence-corrected chi connectivity index (χ1v) is 6.63. The molecule has 0 fully saturated rings. The van der Waals surface area contributed by atoms with Crippen LogP contribution in [-0.2, 0) is 12.8 Å². The van der Waals surface area contributed by atoms with Crippen molar-refractivity contribution in [2.24, 2.45) is 5.92 Å². The van der Waals surface area contributed by atoms with Gasteiger partial charge in [-0.25, -0.2) is 8.78 Å². The second kappa shape index (κ2) is 4.82. The van der Waals surface area contributed by atoms with E-state index < -0.39 is 11.6 Å². The molecule has 2 aromatic rings. The minimum absolute atomic E-state index is 0.133. The summed E-state index contributed by atoms with van der Waals surface area (Å²) in [5, 5.41) is 0. The van der Waals surface area contributed by atoms with Crippen LogP contribution >= 0.6 is 0 Å². The third-order valence-electron chi connectivity index (χ3n) is 3.94. The van der Waals surface area contributed by atoms with Gasteiger partial charge in [0, 0.05) is 5.92 Å². The fraction of sp³-hybridized carbons (Fsp3) is 0.235. The second-order valence-corrected chi connectivity index (χ2v) is 5.32. The molecule has 102 valence electrons. The first-order valence-electron chi connectivity index (χ1n) is 6.63. The van der Waals surface area contributed by atoms with Crippen LogP contribution in [0.4, 0.5) is 8.78 Å². The van der Waals surface area contributed by atoms with E-state index >= 15 is 0 Å². The minimum atomic E-state index is -0.634. The van der Waals surface area contributed by atoms with E-state index in [4.69, 9.17) is 0 Å². The van der Waals surface area contributed by atoms with E-state index in [1.54, 1.807) is 0 Å². The molecule has 3 rings (SSSR count). The van der Waals surface area contributed by atoms with Crippen molar-refractivity contribution < 1.29 is 13.6 Å². The summed E-state index contributed by atoms with van der Waals surface area (Å²) >= 11 is 0. The van der Waals surface area contributed by atoms with E-state index in [0.29, 0.717) is 12.8 Å². The predicted octanol–water partition coefficient (Wildman–Crippen LogP) is 3.87. The van der Waals surface area contributed by atoms with E-state index in [1.165, 1.54) is 6.92 Å². The molecule has 0 aromatic heterocycles. The highest BCUT2D eigenvalue weighted by Gasteiger charge is 2.29. The summed E-state index contributed by atoms with van der Waals surface area (Å²) in [6.45, 7) is 1.48. The van der Waals surface area contributed by atoms with E-state index in [-0.39, 0.29) is 22.8 Å². The Balaban J connectivity index is 1.90. The van der Waals surface area contributed by atoms with Crippen molar-refractivity contribution in [1.82, 2.24) is 0 Å². The molecule has 0 N–H and O–H groups in total. The monoisotopic (exact) mass is 272 g/mol. The largest absolute Gasteiger partial charge is 0.294 e. The van der Waals surface area contributed by atoms with Crippen LogP contribution in [0.5, 0.6) is 0 Å². The van der Waals surface area contributed by atoms with E-state index in [1.807, 2.05) is 24.3 Å². The van der Waals surface area contributed by atoms with Crippen LogP contribution in [0.1, 0.15) is 27.0 Å². The zero-order valence-electron chi connectivity index (χ0n) is 11.1. The Hall–Kier alpha value is -2.03. The molecule has 0 saturated heterocycles. The van der Waals surface area contributed by atoms with Gasteiger partial charge in [-0.05, 0) is 48.6 Å². The third-order valence-corrected chi connectivity index (χ3v) is 3.94. The summed E-state index contributed by atoms with van der Waals surface area (Å²) in [5.74, 6) is -1.77. The molecular weight excluding hydrogens is 258 g/mol. The Kier molecular flexibility index (Phi) is 3.13.